The van der Waals surface area contributed by atoms with E-state index >= 15 is 0 Å². The van der Waals surface area contributed by atoms with Gasteiger partial charge in [-0.2, -0.15) is 0 Å². The van der Waals surface area contributed by atoms with Crippen LogP contribution in [0.4, 0.5) is 4.79 Å². The molecular formula is C22H43N5O2. The second kappa shape index (κ2) is 10.5. The number of nitrogens with zero attached hydrogens (tertiary/aromatic N) is 2. The Bertz CT molecular complexity index is 544. The van der Waals surface area contributed by atoms with Crippen molar-refractivity contribution in [3.8, 4) is 0 Å². The van der Waals surface area contributed by atoms with E-state index in [1.165, 1.54) is 32.1 Å². The average Bonchev–Trinajstić information content (AvgIpc) is 2.57. The van der Waals surface area contributed by atoms with Gasteiger partial charge in [-0.3, -0.25) is 4.99 Å². The Morgan fingerprint density at radius 2 is 1.83 bits per heavy atom. The Hall–Kier alpha value is -1.50. The summed E-state index contributed by atoms with van der Waals surface area (Å²) in [5, 5.41) is 10.0. The monoisotopic (exact) mass is 409 g/mol. The van der Waals surface area contributed by atoms with Crippen molar-refractivity contribution < 1.29 is 9.53 Å². The number of nitrogens with one attached hydrogen (secondary N) is 3. The van der Waals surface area contributed by atoms with Crippen LogP contribution >= 0.6 is 0 Å². The third-order valence-electron chi connectivity index (χ3n) is 5.98. The van der Waals surface area contributed by atoms with Crippen molar-refractivity contribution in [3.05, 3.63) is 0 Å². The first-order chi connectivity index (χ1) is 13.6. The van der Waals surface area contributed by atoms with Crippen LogP contribution in [-0.4, -0.2) is 66.9 Å². The summed E-state index contributed by atoms with van der Waals surface area (Å²) in [5.41, 5.74) is -0.502. The second-order valence-electron chi connectivity index (χ2n) is 9.93. The Balaban J connectivity index is 1.96. The fraction of sp³-hybridized carbons (Fsp3) is 0.909. The standard InChI is InChI=1S/C22H43N5O2/c1-8-23-20(25-16-12-17-10-9-11-18(13-16)27(17)7)24-14-19(15(2)3)26-21(28)29-22(4,5)6/h15-19H,8-14H2,1-7H3,(H,26,28)(H2,23,24,25). The van der Waals surface area contributed by atoms with E-state index in [1.807, 2.05) is 20.8 Å². The first kappa shape index (κ1) is 23.8. The van der Waals surface area contributed by atoms with E-state index in [1.54, 1.807) is 0 Å². The Morgan fingerprint density at radius 3 is 2.34 bits per heavy atom. The molecule has 0 aromatic carbocycles. The molecule has 0 spiro atoms. The minimum atomic E-state index is -0.502. The molecule has 2 saturated heterocycles. The molecule has 0 radical (unpaired) electrons. The van der Waals surface area contributed by atoms with Crippen molar-refractivity contribution >= 4 is 12.1 Å². The third-order valence-corrected chi connectivity index (χ3v) is 5.98. The lowest BCUT2D eigenvalue weighted by Gasteiger charge is -2.47. The molecule has 2 fully saturated rings. The number of carbonyl (C=O) groups is 1. The van der Waals surface area contributed by atoms with Crippen LogP contribution in [0.1, 0.15) is 73.6 Å². The molecule has 7 nitrogen and oxygen atoms in total. The van der Waals surface area contributed by atoms with Crippen molar-refractivity contribution in [1.82, 2.24) is 20.9 Å². The van der Waals surface area contributed by atoms with Gasteiger partial charge in [0.25, 0.3) is 0 Å². The highest BCUT2D eigenvalue weighted by Crippen LogP contribution is 2.32. The fourth-order valence-corrected chi connectivity index (χ4v) is 4.32. The molecule has 0 aromatic heterocycles. The zero-order valence-corrected chi connectivity index (χ0v) is 19.5. The van der Waals surface area contributed by atoms with Gasteiger partial charge in [-0.25, -0.2) is 4.79 Å². The number of alkyl carbamates (subject to hydrolysis) is 1. The van der Waals surface area contributed by atoms with Crippen molar-refractivity contribution in [2.45, 2.75) is 103 Å². The van der Waals surface area contributed by atoms with Crippen LogP contribution in [0.5, 0.6) is 0 Å². The van der Waals surface area contributed by atoms with Gasteiger partial charge in [0.05, 0.1) is 12.6 Å². The normalized spacial score (nSPS) is 26.8. The van der Waals surface area contributed by atoms with Crippen molar-refractivity contribution in [2.75, 3.05) is 20.1 Å². The molecule has 3 unspecified atom stereocenters. The van der Waals surface area contributed by atoms with E-state index in [0.717, 1.165) is 12.5 Å². The molecule has 2 aliphatic rings. The lowest BCUT2D eigenvalue weighted by atomic mass is 9.82. The first-order valence-electron chi connectivity index (χ1n) is 11.3. The minimum Gasteiger partial charge on any atom is -0.444 e. The molecule has 0 aliphatic carbocycles. The molecule has 2 heterocycles. The number of carbonyl (C=O) groups excluding carboxylic acids is 1. The summed E-state index contributed by atoms with van der Waals surface area (Å²) in [4.78, 5) is 19.6. The van der Waals surface area contributed by atoms with Crippen LogP contribution < -0.4 is 16.0 Å². The summed E-state index contributed by atoms with van der Waals surface area (Å²) in [6.07, 6.45) is 5.91. The van der Waals surface area contributed by atoms with Crippen molar-refractivity contribution in [1.29, 1.82) is 0 Å². The summed E-state index contributed by atoms with van der Waals surface area (Å²) in [6.45, 7) is 13.2. The maximum absolute atomic E-state index is 12.2. The molecule has 3 atom stereocenters. The molecule has 0 aromatic rings. The highest BCUT2D eigenvalue weighted by molar-refractivity contribution is 5.80. The Morgan fingerprint density at radius 1 is 1.21 bits per heavy atom. The third kappa shape index (κ3) is 7.68. The van der Waals surface area contributed by atoms with Gasteiger partial charge in [-0.15, -0.1) is 0 Å². The molecule has 7 heteroatoms. The number of rotatable bonds is 6. The number of hydrogen-bond acceptors (Lipinski definition) is 4. The number of amides is 1. The number of hydrogen-bond donors (Lipinski definition) is 3. The largest absolute Gasteiger partial charge is 0.444 e. The zero-order chi connectivity index (χ0) is 21.6. The van der Waals surface area contributed by atoms with E-state index in [-0.39, 0.29) is 18.1 Å². The number of piperidine rings is 2. The summed E-state index contributed by atoms with van der Waals surface area (Å²) >= 11 is 0. The zero-order valence-electron chi connectivity index (χ0n) is 19.5. The highest BCUT2D eigenvalue weighted by Gasteiger charge is 2.36. The number of aliphatic imine (C=N–C) groups is 1. The van der Waals surface area contributed by atoms with Crippen LogP contribution in [-0.2, 0) is 4.74 Å². The predicted molar refractivity (Wildman–Crippen MR) is 119 cm³/mol. The topological polar surface area (TPSA) is 78.0 Å². The van der Waals surface area contributed by atoms with E-state index < -0.39 is 5.60 Å². The van der Waals surface area contributed by atoms with Gasteiger partial charge in [0.1, 0.15) is 5.60 Å². The van der Waals surface area contributed by atoms with E-state index in [4.69, 9.17) is 9.73 Å². The van der Waals surface area contributed by atoms with Crippen LogP contribution in [0, 0.1) is 5.92 Å². The fourth-order valence-electron chi connectivity index (χ4n) is 4.32. The van der Waals surface area contributed by atoms with Crippen LogP contribution in [0.3, 0.4) is 0 Å². The van der Waals surface area contributed by atoms with Crippen molar-refractivity contribution in [3.63, 3.8) is 0 Å². The Labute approximate surface area is 177 Å². The SMILES string of the molecule is CCNC(=NCC(NC(=O)OC(C)(C)C)C(C)C)NC1CC2CCCC(C1)N2C. The summed E-state index contributed by atoms with van der Waals surface area (Å²) in [7, 11) is 2.28. The number of ether oxygens (including phenoxy) is 1. The second-order valence-corrected chi connectivity index (χ2v) is 9.93. The lowest BCUT2D eigenvalue weighted by molar-refractivity contribution is 0.0492. The molecule has 168 valence electrons. The summed E-state index contributed by atoms with van der Waals surface area (Å²) in [5.74, 6) is 1.11. The van der Waals surface area contributed by atoms with Crippen LogP contribution in [0.15, 0.2) is 4.99 Å². The number of fused-ring (bicyclic) bond motifs is 2. The van der Waals surface area contributed by atoms with Gasteiger partial charge in [-0.05, 0) is 66.3 Å². The molecule has 2 rings (SSSR count). The molecule has 1 amide bonds. The maximum atomic E-state index is 12.2. The molecule has 2 aliphatic heterocycles. The first-order valence-corrected chi connectivity index (χ1v) is 11.3. The van der Waals surface area contributed by atoms with Gasteiger partial charge < -0.3 is 25.6 Å². The number of guanidine groups is 1. The van der Waals surface area contributed by atoms with Gasteiger partial charge >= 0.3 is 6.09 Å². The molecule has 3 N–H and O–H groups in total. The smallest absolute Gasteiger partial charge is 0.407 e. The lowest BCUT2D eigenvalue weighted by Crippen LogP contribution is -2.56. The molecule has 2 bridgehead atoms. The molecular weight excluding hydrogens is 366 g/mol. The average molecular weight is 410 g/mol. The van der Waals surface area contributed by atoms with Gasteiger partial charge in [0.15, 0.2) is 5.96 Å². The maximum Gasteiger partial charge on any atom is 0.407 e. The molecule has 0 saturated carbocycles. The van der Waals surface area contributed by atoms with Crippen LogP contribution in [0.2, 0.25) is 0 Å². The van der Waals surface area contributed by atoms with E-state index in [9.17, 15) is 4.79 Å². The predicted octanol–water partition coefficient (Wildman–Crippen LogP) is 3.11. The van der Waals surface area contributed by atoms with Gasteiger partial charge in [-0.1, -0.05) is 20.3 Å². The van der Waals surface area contributed by atoms with Gasteiger partial charge in [0, 0.05) is 24.7 Å². The quantitative estimate of drug-likeness (QED) is 0.464. The molecule has 29 heavy (non-hydrogen) atoms. The summed E-state index contributed by atoms with van der Waals surface area (Å²) < 4.78 is 5.41. The van der Waals surface area contributed by atoms with Crippen LogP contribution in [0.25, 0.3) is 0 Å². The van der Waals surface area contributed by atoms with Crippen molar-refractivity contribution in [2.24, 2.45) is 10.9 Å². The highest BCUT2D eigenvalue weighted by atomic mass is 16.6. The van der Waals surface area contributed by atoms with E-state index in [0.29, 0.717) is 24.7 Å². The van der Waals surface area contributed by atoms with E-state index in [2.05, 4.69) is 48.7 Å². The minimum absolute atomic E-state index is 0.0721. The summed E-state index contributed by atoms with van der Waals surface area (Å²) in [6, 6.07) is 1.74. The Kier molecular flexibility index (Phi) is 8.61. The van der Waals surface area contributed by atoms with Gasteiger partial charge in [0.2, 0.25) is 0 Å².